The fraction of sp³-hybridized carbons (Fsp3) is 0.0500. The number of sulfonamides is 1. The van der Waals surface area contributed by atoms with Crippen molar-refractivity contribution < 1.29 is 22.0 Å². The third-order valence-electron chi connectivity index (χ3n) is 4.23. The Morgan fingerprint density at radius 3 is 2.50 bits per heavy atom. The predicted molar refractivity (Wildman–Crippen MR) is 104 cm³/mol. The minimum Gasteiger partial charge on any atom is -0.462 e. The second-order valence-electron chi connectivity index (χ2n) is 6.28. The van der Waals surface area contributed by atoms with Gasteiger partial charge in [-0.25, -0.2) is 12.8 Å². The highest BCUT2D eigenvalue weighted by molar-refractivity contribution is 7.92. The van der Waals surface area contributed by atoms with Crippen LogP contribution in [0.4, 0.5) is 15.8 Å². The lowest BCUT2D eigenvalue weighted by Gasteiger charge is -2.09. The average molecular weight is 398 g/mol. The van der Waals surface area contributed by atoms with Gasteiger partial charge in [0, 0.05) is 16.9 Å². The summed E-state index contributed by atoms with van der Waals surface area (Å²) in [7, 11) is -3.92. The van der Waals surface area contributed by atoms with E-state index in [0.29, 0.717) is 28.3 Å². The Balaban J connectivity index is 1.71. The Kier molecular flexibility index (Phi) is 4.27. The predicted octanol–water partition coefficient (Wildman–Crippen LogP) is 4.02. The Morgan fingerprint density at radius 2 is 1.82 bits per heavy atom. The zero-order valence-electron chi connectivity index (χ0n) is 14.7. The molecule has 2 aromatic carbocycles. The summed E-state index contributed by atoms with van der Waals surface area (Å²) in [6.07, 6.45) is 1.57. The van der Waals surface area contributed by atoms with Crippen LogP contribution in [0.1, 0.15) is 17.1 Å². The van der Waals surface area contributed by atoms with Gasteiger partial charge in [-0.1, -0.05) is 0 Å². The maximum absolute atomic E-state index is 13.0. The number of furan rings is 1. The Labute approximate surface area is 160 Å². The van der Waals surface area contributed by atoms with E-state index in [9.17, 15) is 17.6 Å². The maximum atomic E-state index is 13.0. The SMILES string of the molecule is Cc1ccc(/C=C2/C(=O)Nc3ccc(S(=O)(=O)Nc4ccc(F)cc4)cc32)o1. The largest absolute Gasteiger partial charge is 0.462 e. The number of nitrogens with one attached hydrogen (secondary N) is 2. The molecule has 1 aromatic heterocycles. The van der Waals surface area contributed by atoms with E-state index >= 15 is 0 Å². The van der Waals surface area contributed by atoms with Crippen LogP contribution in [0.5, 0.6) is 0 Å². The number of aryl methyl sites for hydroxylation is 1. The third kappa shape index (κ3) is 3.41. The highest BCUT2D eigenvalue weighted by Crippen LogP contribution is 2.35. The van der Waals surface area contributed by atoms with E-state index in [2.05, 4.69) is 10.0 Å². The zero-order chi connectivity index (χ0) is 19.9. The van der Waals surface area contributed by atoms with Crippen LogP contribution in [0, 0.1) is 12.7 Å². The standard InChI is InChI=1S/C20H15FN2O4S/c1-12-2-7-15(27-12)10-18-17-11-16(8-9-19(17)22-20(18)24)28(25,26)23-14-5-3-13(21)4-6-14/h2-11,23H,1H3,(H,22,24)/b18-10+. The van der Waals surface area contributed by atoms with Crippen molar-refractivity contribution in [2.24, 2.45) is 0 Å². The minimum absolute atomic E-state index is 0.0198. The molecule has 8 heteroatoms. The van der Waals surface area contributed by atoms with Crippen molar-refractivity contribution in [2.45, 2.75) is 11.8 Å². The van der Waals surface area contributed by atoms with E-state index in [1.54, 1.807) is 25.1 Å². The highest BCUT2D eigenvalue weighted by Gasteiger charge is 2.27. The van der Waals surface area contributed by atoms with Crippen molar-refractivity contribution in [1.29, 1.82) is 0 Å². The number of rotatable bonds is 4. The maximum Gasteiger partial charge on any atom is 0.261 e. The summed E-state index contributed by atoms with van der Waals surface area (Å²) in [4.78, 5) is 12.3. The van der Waals surface area contributed by atoms with Crippen LogP contribution in [-0.2, 0) is 14.8 Å². The number of halogens is 1. The van der Waals surface area contributed by atoms with Gasteiger partial charge in [-0.15, -0.1) is 0 Å². The van der Waals surface area contributed by atoms with E-state index in [1.807, 2.05) is 0 Å². The fourth-order valence-corrected chi connectivity index (χ4v) is 3.97. The van der Waals surface area contributed by atoms with Crippen LogP contribution in [0.25, 0.3) is 11.6 Å². The summed E-state index contributed by atoms with van der Waals surface area (Å²) in [5, 5.41) is 2.70. The lowest BCUT2D eigenvalue weighted by Crippen LogP contribution is -2.13. The lowest BCUT2D eigenvalue weighted by molar-refractivity contribution is -0.110. The summed E-state index contributed by atoms with van der Waals surface area (Å²) < 4.78 is 46.3. The molecule has 0 saturated heterocycles. The molecule has 2 N–H and O–H groups in total. The lowest BCUT2D eigenvalue weighted by atomic mass is 10.1. The van der Waals surface area contributed by atoms with Crippen LogP contribution >= 0.6 is 0 Å². The number of amides is 1. The first-order valence-electron chi connectivity index (χ1n) is 8.34. The molecule has 2 heterocycles. The van der Waals surface area contributed by atoms with Crippen LogP contribution in [0.3, 0.4) is 0 Å². The number of hydrogen-bond donors (Lipinski definition) is 2. The molecule has 6 nitrogen and oxygen atoms in total. The Hall–Kier alpha value is -3.39. The molecule has 0 bridgehead atoms. The van der Waals surface area contributed by atoms with E-state index in [0.717, 1.165) is 12.1 Å². The summed E-state index contributed by atoms with van der Waals surface area (Å²) in [6.45, 7) is 1.79. The molecule has 1 aliphatic heterocycles. The van der Waals surface area contributed by atoms with Crippen molar-refractivity contribution in [3.63, 3.8) is 0 Å². The second-order valence-corrected chi connectivity index (χ2v) is 7.96. The second kappa shape index (κ2) is 6.65. The van der Waals surface area contributed by atoms with Gasteiger partial charge >= 0.3 is 0 Å². The van der Waals surface area contributed by atoms with Crippen molar-refractivity contribution in [3.05, 3.63) is 77.5 Å². The third-order valence-corrected chi connectivity index (χ3v) is 5.61. The highest BCUT2D eigenvalue weighted by atomic mass is 32.2. The van der Waals surface area contributed by atoms with Gasteiger partial charge in [-0.2, -0.15) is 0 Å². The van der Waals surface area contributed by atoms with Crippen molar-refractivity contribution in [2.75, 3.05) is 10.0 Å². The molecule has 28 heavy (non-hydrogen) atoms. The van der Waals surface area contributed by atoms with Crippen LogP contribution in [0.2, 0.25) is 0 Å². The molecule has 1 amide bonds. The molecule has 1 aliphatic rings. The number of carbonyl (C=O) groups excluding carboxylic acids is 1. The van der Waals surface area contributed by atoms with E-state index in [-0.39, 0.29) is 16.5 Å². The van der Waals surface area contributed by atoms with Gasteiger partial charge in [-0.3, -0.25) is 9.52 Å². The first-order valence-corrected chi connectivity index (χ1v) is 9.82. The summed E-state index contributed by atoms with van der Waals surface area (Å²) in [5.41, 5.74) is 1.52. The smallest absolute Gasteiger partial charge is 0.261 e. The molecular formula is C20H15FN2O4S. The summed E-state index contributed by atoms with van der Waals surface area (Å²) in [5.74, 6) is 0.386. The van der Waals surface area contributed by atoms with Crippen LogP contribution in [0.15, 0.2) is 63.9 Å². The van der Waals surface area contributed by atoms with E-state index in [4.69, 9.17) is 4.42 Å². The van der Waals surface area contributed by atoms with E-state index < -0.39 is 15.8 Å². The molecule has 0 atom stereocenters. The zero-order valence-corrected chi connectivity index (χ0v) is 15.5. The Morgan fingerprint density at radius 1 is 1.07 bits per heavy atom. The van der Waals surface area contributed by atoms with Gasteiger partial charge in [-0.05, 0) is 67.6 Å². The van der Waals surface area contributed by atoms with Crippen molar-refractivity contribution in [3.8, 4) is 0 Å². The molecule has 0 radical (unpaired) electrons. The molecule has 4 rings (SSSR count). The first kappa shape index (κ1) is 18.0. The van der Waals surface area contributed by atoms with Gasteiger partial charge in [0.25, 0.3) is 15.9 Å². The Bertz CT molecular complexity index is 1210. The first-order chi connectivity index (χ1) is 13.3. The summed E-state index contributed by atoms with van der Waals surface area (Å²) in [6, 6.07) is 12.8. The monoisotopic (exact) mass is 398 g/mol. The molecule has 3 aromatic rings. The normalized spacial score (nSPS) is 14.8. The molecule has 0 saturated carbocycles. The number of fused-ring (bicyclic) bond motifs is 1. The van der Waals surface area contributed by atoms with E-state index in [1.165, 1.54) is 30.3 Å². The molecular weight excluding hydrogens is 383 g/mol. The quantitative estimate of drug-likeness (QED) is 0.650. The minimum atomic E-state index is -3.92. The number of carbonyl (C=O) groups is 1. The van der Waals surface area contributed by atoms with Gasteiger partial charge in [0.15, 0.2) is 0 Å². The van der Waals surface area contributed by atoms with Crippen molar-refractivity contribution in [1.82, 2.24) is 0 Å². The van der Waals surface area contributed by atoms with Crippen LogP contribution < -0.4 is 10.0 Å². The number of anilines is 2. The topological polar surface area (TPSA) is 88.4 Å². The molecule has 0 unspecified atom stereocenters. The number of benzene rings is 2. The van der Waals surface area contributed by atoms with Gasteiger partial charge in [0.05, 0.1) is 10.5 Å². The van der Waals surface area contributed by atoms with Gasteiger partial charge in [0.1, 0.15) is 17.3 Å². The molecule has 142 valence electrons. The van der Waals surface area contributed by atoms with Crippen LogP contribution in [-0.4, -0.2) is 14.3 Å². The van der Waals surface area contributed by atoms with Gasteiger partial charge < -0.3 is 9.73 Å². The van der Waals surface area contributed by atoms with Crippen molar-refractivity contribution >= 4 is 39.0 Å². The summed E-state index contributed by atoms with van der Waals surface area (Å²) >= 11 is 0. The average Bonchev–Trinajstić information content (AvgIpc) is 3.20. The fourth-order valence-electron chi connectivity index (χ4n) is 2.88. The molecule has 0 fully saturated rings. The van der Waals surface area contributed by atoms with Gasteiger partial charge in [0.2, 0.25) is 0 Å². The molecule has 0 aliphatic carbocycles. The number of hydrogen-bond acceptors (Lipinski definition) is 4. The molecule has 0 spiro atoms.